The fourth-order valence-electron chi connectivity index (χ4n) is 3.19. The Morgan fingerprint density at radius 1 is 1.17 bits per heavy atom. The van der Waals surface area contributed by atoms with Gasteiger partial charge in [-0.2, -0.15) is 0 Å². The van der Waals surface area contributed by atoms with Crippen molar-refractivity contribution in [2.75, 3.05) is 41.0 Å². The summed E-state index contributed by atoms with van der Waals surface area (Å²) in [5.41, 5.74) is 0.430. The SMILES string of the molecule is CCCC(C1CCN(CC)C1)[Si](OC)(OC)OC. The highest BCUT2D eigenvalue weighted by molar-refractivity contribution is 6.62. The van der Waals surface area contributed by atoms with Crippen molar-refractivity contribution in [1.29, 1.82) is 0 Å². The number of hydrogen-bond donors (Lipinski definition) is 0. The molecule has 2 atom stereocenters. The molecule has 1 saturated heterocycles. The highest BCUT2D eigenvalue weighted by atomic mass is 28.4. The summed E-state index contributed by atoms with van der Waals surface area (Å²) in [4.78, 5) is 2.51. The average Bonchev–Trinajstić information content (AvgIpc) is 2.88. The van der Waals surface area contributed by atoms with Gasteiger partial charge in [0.1, 0.15) is 0 Å². The van der Waals surface area contributed by atoms with Crippen LogP contribution in [0, 0.1) is 5.92 Å². The lowest BCUT2D eigenvalue weighted by atomic mass is 10.0. The molecule has 0 aliphatic carbocycles. The second kappa shape index (κ2) is 7.60. The van der Waals surface area contributed by atoms with E-state index in [1.165, 1.54) is 13.0 Å². The Morgan fingerprint density at radius 3 is 2.17 bits per heavy atom. The van der Waals surface area contributed by atoms with Crippen LogP contribution < -0.4 is 0 Å². The molecule has 0 N–H and O–H groups in total. The van der Waals surface area contributed by atoms with E-state index in [2.05, 4.69) is 18.7 Å². The zero-order valence-electron chi connectivity index (χ0n) is 12.6. The van der Waals surface area contributed by atoms with Gasteiger partial charge in [0.2, 0.25) is 0 Å². The Morgan fingerprint density at radius 2 is 1.78 bits per heavy atom. The molecule has 1 heterocycles. The first-order valence-corrected chi connectivity index (χ1v) is 8.85. The Hall–Kier alpha value is 0.0569. The molecule has 0 radical (unpaired) electrons. The maximum Gasteiger partial charge on any atom is 0.503 e. The minimum Gasteiger partial charge on any atom is -0.377 e. The Labute approximate surface area is 113 Å². The summed E-state index contributed by atoms with van der Waals surface area (Å²) in [5, 5.41) is 0. The quantitative estimate of drug-likeness (QED) is 0.636. The predicted molar refractivity (Wildman–Crippen MR) is 75.7 cm³/mol. The lowest BCUT2D eigenvalue weighted by Gasteiger charge is -2.36. The Balaban J connectivity index is 2.80. The van der Waals surface area contributed by atoms with E-state index in [0.29, 0.717) is 11.5 Å². The Bertz CT molecular complexity index is 228. The van der Waals surface area contributed by atoms with Crippen LogP contribution in [0.4, 0.5) is 0 Å². The molecule has 2 unspecified atom stereocenters. The van der Waals surface area contributed by atoms with E-state index in [1.807, 2.05) is 0 Å². The number of likely N-dealkylation sites (tertiary alicyclic amines) is 1. The van der Waals surface area contributed by atoms with Gasteiger partial charge in [-0.3, -0.25) is 0 Å². The van der Waals surface area contributed by atoms with Gasteiger partial charge >= 0.3 is 8.80 Å². The smallest absolute Gasteiger partial charge is 0.377 e. The normalized spacial score (nSPS) is 23.5. The van der Waals surface area contributed by atoms with Gasteiger partial charge in [0, 0.05) is 33.4 Å². The van der Waals surface area contributed by atoms with Crippen LogP contribution in [0.5, 0.6) is 0 Å². The van der Waals surface area contributed by atoms with Crippen molar-refractivity contribution in [1.82, 2.24) is 4.90 Å². The summed E-state index contributed by atoms with van der Waals surface area (Å²) >= 11 is 0. The van der Waals surface area contributed by atoms with Gasteiger partial charge in [-0.15, -0.1) is 0 Å². The van der Waals surface area contributed by atoms with Gasteiger partial charge in [0.25, 0.3) is 0 Å². The van der Waals surface area contributed by atoms with Crippen LogP contribution >= 0.6 is 0 Å². The molecule has 108 valence electrons. The third-order valence-corrected chi connectivity index (χ3v) is 7.61. The third kappa shape index (κ3) is 3.33. The van der Waals surface area contributed by atoms with Crippen molar-refractivity contribution in [3.63, 3.8) is 0 Å². The second-order valence-corrected chi connectivity index (χ2v) is 8.23. The summed E-state index contributed by atoms with van der Waals surface area (Å²) in [5.74, 6) is 0.649. The van der Waals surface area contributed by atoms with Gasteiger partial charge in [-0.1, -0.05) is 20.3 Å². The third-order valence-electron chi connectivity index (χ3n) is 4.23. The van der Waals surface area contributed by atoms with Crippen LogP contribution in [0.25, 0.3) is 0 Å². The highest BCUT2D eigenvalue weighted by Gasteiger charge is 2.51. The maximum absolute atomic E-state index is 5.71. The Kier molecular flexibility index (Phi) is 6.80. The molecule has 4 nitrogen and oxygen atoms in total. The van der Waals surface area contributed by atoms with E-state index in [1.54, 1.807) is 21.3 Å². The topological polar surface area (TPSA) is 30.9 Å². The number of nitrogens with zero attached hydrogens (tertiary/aromatic N) is 1. The summed E-state index contributed by atoms with van der Waals surface area (Å²) in [6.07, 6.45) is 3.52. The van der Waals surface area contributed by atoms with Crippen molar-refractivity contribution >= 4 is 8.80 Å². The lowest BCUT2D eigenvalue weighted by molar-refractivity contribution is 0.0991. The van der Waals surface area contributed by atoms with E-state index < -0.39 is 8.80 Å². The molecule has 1 aliphatic heterocycles. The van der Waals surface area contributed by atoms with Gasteiger partial charge < -0.3 is 18.2 Å². The van der Waals surface area contributed by atoms with Gasteiger partial charge in [-0.25, -0.2) is 0 Å². The molecule has 0 aromatic heterocycles. The van der Waals surface area contributed by atoms with E-state index in [0.717, 1.165) is 25.9 Å². The number of rotatable bonds is 8. The van der Waals surface area contributed by atoms with Crippen molar-refractivity contribution in [2.45, 2.75) is 38.7 Å². The first-order chi connectivity index (χ1) is 8.67. The standard InChI is InChI=1S/C13H29NO3Si/c1-6-8-13(18(15-3,16-4)17-5)12-9-10-14(7-2)11-12/h12-13H,6-11H2,1-5H3. The van der Waals surface area contributed by atoms with Crippen molar-refractivity contribution in [3.05, 3.63) is 0 Å². The van der Waals surface area contributed by atoms with E-state index in [9.17, 15) is 0 Å². The number of hydrogen-bond acceptors (Lipinski definition) is 4. The van der Waals surface area contributed by atoms with E-state index in [-0.39, 0.29) is 0 Å². The van der Waals surface area contributed by atoms with Crippen molar-refractivity contribution in [2.24, 2.45) is 5.92 Å². The van der Waals surface area contributed by atoms with Crippen LogP contribution in [0.1, 0.15) is 33.1 Å². The largest absolute Gasteiger partial charge is 0.503 e. The zero-order valence-corrected chi connectivity index (χ0v) is 13.6. The predicted octanol–water partition coefficient (Wildman–Crippen LogP) is 2.38. The van der Waals surface area contributed by atoms with Gasteiger partial charge in [-0.05, 0) is 31.8 Å². The van der Waals surface area contributed by atoms with Gasteiger partial charge in [0.05, 0.1) is 0 Å². The average molecular weight is 275 g/mol. The van der Waals surface area contributed by atoms with Crippen LogP contribution in [0.3, 0.4) is 0 Å². The molecule has 1 rings (SSSR count). The van der Waals surface area contributed by atoms with Crippen LogP contribution in [0.2, 0.25) is 5.54 Å². The molecule has 0 spiro atoms. The molecule has 5 heteroatoms. The molecule has 1 fully saturated rings. The molecule has 1 aliphatic rings. The zero-order chi connectivity index (χ0) is 13.6. The van der Waals surface area contributed by atoms with Crippen LogP contribution in [0.15, 0.2) is 0 Å². The van der Waals surface area contributed by atoms with Crippen molar-refractivity contribution < 1.29 is 13.3 Å². The maximum atomic E-state index is 5.71. The minimum atomic E-state index is -2.50. The highest BCUT2D eigenvalue weighted by Crippen LogP contribution is 2.40. The van der Waals surface area contributed by atoms with E-state index in [4.69, 9.17) is 13.3 Å². The molecule has 0 saturated carbocycles. The summed E-state index contributed by atoms with van der Waals surface area (Å²) in [6.45, 7) is 7.94. The van der Waals surface area contributed by atoms with Crippen LogP contribution in [-0.4, -0.2) is 54.7 Å². The fourth-order valence-corrected chi connectivity index (χ4v) is 6.09. The first kappa shape index (κ1) is 16.1. The van der Waals surface area contributed by atoms with Crippen LogP contribution in [-0.2, 0) is 13.3 Å². The first-order valence-electron chi connectivity index (χ1n) is 7.05. The molecule has 18 heavy (non-hydrogen) atoms. The van der Waals surface area contributed by atoms with E-state index >= 15 is 0 Å². The summed E-state index contributed by atoms with van der Waals surface area (Å²) < 4.78 is 17.1. The van der Waals surface area contributed by atoms with Crippen molar-refractivity contribution in [3.8, 4) is 0 Å². The molecule has 0 amide bonds. The molecule has 0 aromatic rings. The monoisotopic (exact) mass is 275 g/mol. The minimum absolute atomic E-state index is 0.430. The summed E-state index contributed by atoms with van der Waals surface area (Å²) in [7, 11) is 2.69. The molecular formula is C13H29NO3Si. The summed E-state index contributed by atoms with van der Waals surface area (Å²) in [6, 6.07) is 0. The molecule has 0 aromatic carbocycles. The lowest BCUT2D eigenvalue weighted by Crippen LogP contribution is -2.50. The molecule has 0 bridgehead atoms. The fraction of sp³-hybridized carbons (Fsp3) is 1.00. The van der Waals surface area contributed by atoms with Gasteiger partial charge in [0.15, 0.2) is 0 Å². The molecular weight excluding hydrogens is 246 g/mol. The second-order valence-electron chi connectivity index (χ2n) is 5.05.